The highest BCUT2D eigenvalue weighted by Crippen LogP contribution is 2.18. The van der Waals surface area contributed by atoms with Crippen molar-refractivity contribution >= 4 is 22.5 Å². The average Bonchev–Trinajstić information content (AvgIpc) is 2.70. The van der Waals surface area contributed by atoms with Crippen LogP contribution in [0.5, 0.6) is 0 Å². The van der Waals surface area contributed by atoms with E-state index in [1.165, 1.54) is 0 Å². The molecule has 0 saturated heterocycles. The first kappa shape index (κ1) is 6.47. The van der Waals surface area contributed by atoms with E-state index >= 15 is 0 Å². The number of hydrogen-bond acceptors (Lipinski definition) is 3. The molecular formula is C8H7N5. The fourth-order valence-electron chi connectivity index (χ4n) is 1.49. The number of nitrogens with two attached hydrogens (primary N) is 1. The molecule has 0 aliphatic rings. The first-order valence-corrected chi connectivity index (χ1v) is 3.91. The number of anilines is 1. The molecule has 0 aliphatic carbocycles. The van der Waals surface area contributed by atoms with E-state index in [4.69, 9.17) is 5.73 Å². The Morgan fingerprint density at radius 2 is 2.31 bits per heavy atom. The van der Waals surface area contributed by atoms with Crippen molar-refractivity contribution in [3.63, 3.8) is 0 Å². The van der Waals surface area contributed by atoms with E-state index in [2.05, 4.69) is 15.0 Å². The van der Waals surface area contributed by atoms with Crippen LogP contribution in [-0.4, -0.2) is 19.4 Å². The van der Waals surface area contributed by atoms with Gasteiger partial charge in [-0.05, 0) is 0 Å². The lowest BCUT2D eigenvalue weighted by Crippen LogP contribution is -1.90. The number of rotatable bonds is 0. The second kappa shape index (κ2) is 2.01. The SMILES string of the molecule is Nc1c[nH]c2ncc3nccn3c12. The number of aromatic nitrogens is 4. The van der Waals surface area contributed by atoms with Crippen LogP contribution in [-0.2, 0) is 0 Å². The molecule has 3 heterocycles. The minimum atomic E-state index is 0.686. The fourth-order valence-corrected chi connectivity index (χ4v) is 1.49. The summed E-state index contributed by atoms with van der Waals surface area (Å²) in [6.45, 7) is 0. The third-order valence-corrected chi connectivity index (χ3v) is 2.08. The van der Waals surface area contributed by atoms with Crippen LogP contribution in [0.25, 0.3) is 16.8 Å². The van der Waals surface area contributed by atoms with Gasteiger partial charge < -0.3 is 10.7 Å². The number of H-pyrrole nitrogens is 1. The first-order valence-electron chi connectivity index (χ1n) is 3.91. The fraction of sp³-hybridized carbons (Fsp3) is 0. The van der Waals surface area contributed by atoms with Gasteiger partial charge in [0.1, 0.15) is 5.52 Å². The largest absolute Gasteiger partial charge is 0.396 e. The Labute approximate surface area is 73.2 Å². The molecule has 13 heavy (non-hydrogen) atoms. The molecule has 5 nitrogen and oxygen atoms in total. The standard InChI is InChI=1S/C8H7N5/c9-5-3-11-8-7(5)13-2-1-10-6(13)4-12-8/h1-4,11H,9H2. The topological polar surface area (TPSA) is 72.0 Å². The van der Waals surface area contributed by atoms with E-state index in [0.717, 1.165) is 16.8 Å². The summed E-state index contributed by atoms with van der Waals surface area (Å²) in [6, 6.07) is 0. The van der Waals surface area contributed by atoms with Gasteiger partial charge in [-0.3, -0.25) is 4.40 Å². The lowest BCUT2D eigenvalue weighted by Gasteiger charge is -1.95. The molecule has 3 aromatic rings. The summed E-state index contributed by atoms with van der Waals surface area (Å²) < 4.78 is 1.91. The Hall–Kier alpha value is -2.04. The number of imidazole rings is 1. The van der Waals surface area contributed by atoms with Crippen molar-refractivity contribution in [2.45, 2.75) is 0 Å². The first-order chi connectivity index (χ1) is 6.36. The van der Waals surface area contributed by atoms with Gasteiger partial charge in [0.15, 0.2) is 11.3 Å². The van der Waals surface area contributed by atoms with Gasteiger partial charge in [-0.15, -0.1) is 0 Å². The van der Waals surface area contributed by atoms with Crippen molar-refractivity contribution in [1.29, 1.82) is 0 Å². The van der Waals surface area contributed by atoms with Crippen molar-refractivity contribution in [1.82, 2.24) is 19.4 Å². The van der Waals surface area contributed by atoms with Gasteiger partial charge in [-0.1, -0.05) is 0 Å². The van der Waals surface area contributed by atoms with Crippen molar-refractivity contribution in [3.8, 4) is 0 Å². The molecule has 0 radical (unpaired) electrons. The zero-order valence-electron chi connectivity index (χ0n) is 6.73. The molecule has 64 valence electrons. The molecule has 0 fully saturated rings. The van der Waals surface area contributed by atoms with Crippen LogP contribution >= 0.6 is 0 Å². The van der Waals surface area contributed by atoms with Gasteiger partial charge >= 0.3 is 0 Å². The van der Waals surface area contributed by atoms with Crippen LogP contribution in [0.1, 0.15) is 0 Å². The zero-order chi connectivity index (χ0) is 8.84. The Morgan fingerprint density at radius 1 is 1.38 bits per heavy atom. The van der Waals surface area contributed by atoms with Crippen LogP contribution in [0.4, 0.5) is 5.69 Å². The van der Waals surface area contributed by atoms with Crippen LogP contribution in [0.15, 0.2) is 24.8 Å². The molecule has 3 aromatic heterocycles. The molecular weight excluding hydrogens is 166 g/mol. The molecule has 0 atom stereocenters. The van der Waals surface area contributed by atoms with Crippen molar-refractivity contribution in [2.75, 3.05) is 5.73 Å². The third-order valence-electron chi connectivity index (χ3n) is 2.08. The minimum Gasteiger partial charge on any atom is -0.396 e. The number of nitrogens with one attached hydrogen (secondary N) is 1. The van der Waals surface area contributed by atoms with Crippen LogP contribution in [0.2, 0.25) is 0 Å². The number of hydrogen-bond donors (Lipinski definition) is 2. The van der Waals surface area contributed by atoms with Gasteiger partial charge in [0.25, 0.3) is 0 Å². The van der Waals surface area contributed by atoms with E-state index in [-0.39, 0.29) is 0 Å². The minimum absolute atomic E-state index is 0.686. The zero-order valence-corrected chi connectivity index (χ0v) is 6.73. The molecule has 0 bridgehead atoms. The number of aromatic amines is 1. The van der Waals surface area contributed by atoms with Crippen LogP contribution in [0.3, 0.4) is 0 Å². The Morgan fingerprint density at radius 3 is 3.23 bits per heavy atom. The smallest absolute Gasteiger partial charge is 0.156 e. The lowest BCUT2D eigenvalue weighted by molar-refractivity contribution is 1.20. The Kier molecular flexibility index (Phi) is 0.999. The van der Waals surface area contributed by atoms with Crippen molar-refractivity contribution in [2.24, 2.45) is 0 Å². The molecule has 0 spiro atoms. The highest BCUT2D eigenvalue weighted by atomic mass is 15.1. The summed E-state index contributed by atoms with van der Waals surface area (Å²) in [7, 11) is 0. The Bertz CT molecular complexity index is 576. The summed E-state index contributed by atoms with van der Waals surface area (Å²) in [5.41, 5.74) is 8.94. The molecule has 0 aliphatic heterocycles. The highest BCUT2D eigenvalue weighted by Gasteiger charge is 2.05. The third kappa shape index (κ3) is 0.703. The lowest BCUT2D eigenvalue weighted by atomic mass is 10.4. The van der Waals surface area contributed by atoms with E-state index < -0.39 is 0 Å². The monoisotopic (exact) mass is 173 g/mol. The number of fused-ring (bicyclic) bond motifs is 3. The maximum absolute atomic E-state index is 5.78. The molecule has 0 unspecified atom stereocenters. The van der Waals surface area contributed by atoms with E-state index in [0.29, 0.717) is 5.69 Å². The summed E-state index contributed by atoms with van der Waals surface area (Å²) in [4.78, 5) is 11.3. The molecule has 0 saturated carbocycles. The van der Waals surface area contributed by atoms with Crippen molar-refractivity contribution in [3.05, 3.63) is 24.8 Å². The predicted molar refractivity (Wildman–Crippen MR) is 49.3 cm³/mol. The maximum atomic E-state index is 5.78. The highest BCUT2D eigenvalue weighted by molar-refractivity contribution is 5.86. The number of nitrogen functional groups attached to an aromatic ring is 1. The van der Waals surface area contributed by atoms with E-state index in [1.54, 1.807) is 18.6 Å². The van der Waals surface area contributed by atoms with Crippen molar-refractivity contribution < 1.29 is 0 Å². The van der Waals surface area contributed by atoms with Crippen LogP contribution < -0.4 is 5.73 Å². The van der Waals surface area contributed by atoms with E-state index in [1.807, 2.05) is 10.6 Å². The molecule has 0 aromatic carbocycles. The summed E-state index contributed by atoms with van der Waals surface area (Å²) in [5, 5.41) is 0. The van der Waals surface area contributed by atoms with Gasteiger partial charge in [0.2, 0.25) is 0 Å². The summed E-state index contributed by atoms with van der Waals surface area (Å²) >= 11 is 0. The van der Waals surface area contributed by atoms with Gasteiger partial charge in [-0.2, -0.15) is 0 Å². The molecule has 5 heteroatoms. The number of nitrogens with zero attached hydrogens (tertiary/aromatic N) is 3. The molecule has 3 N–H and O–H groups in total. The summed E-state index contributed by atoms with van der Waals surface area (Å²) in [5.74, 6) is 0. The maximum Gasteiger partial charge on any atom is 0.156 e. The normalized spacial score (nSPS) is 11.4. The second-order valence-corrected chi connectivity index (χ2v) is 2.85. The molecule has 3 rings (SSSR count). The van der Waals surface area contributed by atoms with E-state index in [9.17, 15) is 0 Å². The summed E-state index contributed by atoms with van der Waals surface area (Å²) in [6.07, 6.45) is 7.03. The van der Waals surface area contributed by atoms with Gasteiger partial charge in [0.05, 0.1) is 11.9 Å². The Balaban J connectivity index is 2.70. The average molecular weight is 173 g/mol. The second-order valence-electron chi connectivity index (χ2n) is 2.85. The quantitative estimate of drug-likeness (QED) is 0.528. The predicted octanol–water partition coefficient (Wildman–Crippen LogP) is 0.793. The van der Waals surface area contributed by atoms with Crippen LogP contribution in [0, 0.1) is 0 Å². The van der Waals surface area contributed by atoms with Gasteiger partial charge in [-0.25, -0.2) is 9.97 Å². The molecule has 0 amide bonds. The van der Waals surface area contributed by atoms with Gasteiger partial charge in [0, 0.05) is 18.6 Å².